The first-order valence-electron chi connectivity index (χ1n) is 6.13. The van der Waals surface area contributed by atoms with Crippen molar-refractivity contribution in [1.29, 1.82) is 0 Å². The lowest BCUT2D eigenvalue weighted by atomic mass is 9.94. The van der Waals surface area contributed by atoms with E-state index >= 15 is 0 Å². The van der Waals surface area contributed by atoms with Crippen LogP contribution in [0.5, 0.6) is 0 Å². The van der Waals surface area contributed by atoms with E-state index in [0.717, 1.165) is 6.42 Å². The maximum atomic E-state index is 4.35. The van der Waals surface area contributed by atoms with E-state index in [1.54, 1.807) is 0 Å². The van der Waals surface area contributed by atoms with Crippen molar-refractivity contribution < 1.29 is 0 Å². The van der Waals surface area contributed by atoms with Gasteiger partial charge in [-0.05, 0) is 73.1 Å². The van der Waals surface area contributed by atoms with Gasteiger partial charge in [0.2, 0.25) is 0 Å². The Hall–Kier alpha value is -1.63. The Labute approximate surface area is 103 Å². The first-order valence-corrected chi connectivity index (χ1v) is 6.13. The number of aromatic nitrogens is 1. The van der Waals surface area contributed by atoms with Crippen LogP contribution in [0.4, 0.5) is 0 Å². The molecule has 0 saturated heterocycles. The third-order valence-electron chi connectivity index (χ3n) is 4.07. The zero-order valence-corrected chi connectivity index (χ0v) is 10.9. The first-order chi connectivity index (χ1) is 8.09. The van der Waals surface area contributed by atoms with Gasteiger partial charge in [-0.25, -0.2) is 0 Å². The second kappa shape index (κ2) is 3.43. The van der Waals surface area contributed by atoms with Crippen LogP contribution >= 0.6 is 0 Å². The fourth-order valence-electron chi connectivity index (χ4n) is 2.98. The van der Waals surface area contributed by atoms with Gasteiger partial charge in [0.05, 0.1) is 0 Å². The van der Waals surface area contributed by atoms with E-state index in [4.69, 9.17) is 0 Å². The molecule has 0 unspecified atom stereocenters. The van der Waals surface area contributed by atoms with Gasteiger partial charge >= 0.3 is 0 Å². The molecule has 0 bridgehead atoms. The minimum Gasteiger partial charge on any atom is -0.264 e. The van der Waals surface area contributed by atoms with E-state index in [0.29, 0.717) is 0 Å². The van der Waals surface area contributed by atoms with Crippen LogP contribution in [0, 0.1) is 27.7 Å². The predicted octanol–water partition coefficient (Wildman–Crippen LogP) is 3.89. The molecule has 0 fully saturated rings. The number of hydrogen-bond acceptors (Lipinski definition) is 1. The van der Waals surface area contributed by atoms with Crippen LogP contribution in [-0.2, 0) is 6.42 Å². The van der Waals surface area contributed by atoms with Crippen molar-refractivity contribution in [3.63, 3.8) is 0 Å². The predicted molar refractivity (Wildman–Crippen MR) is 71.4 cm³/mol. The fraction of sp³-hybridized carbons (Fsp3) is 0.312. The number of aryl methyl sites for hydroxylation is 3. The van der Waals surface area contributed by atoms with Gasteiger partial charge < -0.3 is 0 Å². The third-order valence-corrected chi connectivity index (χ3v) is 4.07. The fourth-order valence-corrected chi connectivity index (χ4v) is 2.98. The van der Waals surface area contributed by atoms with Gasteiger partial charge in [-0.15, -0.1) is 0 Å². The monoisotopic (exact) mass is 223 g/mol. The normalized spacial score (nSPS) is 12.5. The molecule has 1 nitrogen and oxygen atoms in total. The highest BCUT2D eigenvalue weighted by atomic mass is 14.6. The highest BCUT2D eigenvalue weighted by Gasteiger charge is 2.24. The molecular weight excluding hydrogens is 206 g/mol. The largest absolute Gasteiger partial charge is 0.264 e. The number of rotatable bonds is 0. The van der Waals surface area contributed by atoms with Crippen LogP contribution in [0.1, 0.15) is 33.4 Å². The summed E-state index contributed by atoms with van der Waals surface area (Å²) in [6.07, 6.45) is 5.07. The van der Waals surface area contributed by atoms with Crippen LogP contribution in [-0.4, -0.2) is 4.98 Å². The Kier molecular flexibility index (Phi) is 2.12. The lowest BCUT2D eigenvalue weighted by Crippen LogP contribution is -1.93. The average molecular weight is 223 g/mol. The molecule has 0 spiro atoms. The highest BCUT2D eigenvalue weighted by molar-refractivity contribution is 5.81. The molecule has 0 aliphatic heterocycles. The summed E-state index contributed by atoms with van der Waals surface area (Å²) in [5.41, 5.74) is 11.3. The Morgan fingerprint density at radius 1 is 0.882 bits per heavy atom. The van der Waals surface area contributed by atoms with E-state index in [9.17, 15) is 0 Å². The van der Waals surface area contributed by atoms with Gasteiger partial charge in [0.25, 0.3) is 0 Å². The van der Waals surface area contributed by atoms with Gasteiger partial charge in [-0.1, -0.05) is 6.07 Å². The van der Waals surface area contributed by atoms with Crippen LogP contribution in [0.15, 0.2) is 18.5 Å². The molecule has 1 aliphatic carbocycles. The minimum absolute atomic E-state index is 1.08. The minimum atomic E-state index is 1.08. The van der Waals surface area contributed by atoms with E-state index in [1.807, 2.05) is 12.4 Å². The number of hydrogen-bond donors (Lipinski definition) is 0. The summed E-state index contributed by atoms with van der Waals surface area (Å²) in [5.74, 6) is 0. The summed E-state index contributed by atoms with van der Waals surface area (Å²) in [4.78, 5) is 4.35. The van der Waals surface area contributed by atoms with E-state index < -0.39 is 0 Å². The molecule has 17 heavy (non-hydrogen) atoms. The van der Waals surface area contributed by atoms with Crippen molar-refractivity contribution in [2.75, 3.05) is 0 Å². The van der Waals surface area contributed by atoms with Crippen molar-refractivity contribution in [3.05, 3.63) is 51.8 Å². The lowest BCUT2D eigenvalue weighted by Gasteiger charge is -2.11. The average Bonchev–Trinajstić information content (AvgIpc) is 2.67. The zero-order valence-electron chi connectivity index (χ0n) is 10.9. The van der Waals surface area contributed by atoms with Crippen LogP contribution in [0.25, 0.3) is 11.1 Å². The van der Waals surface area contributed by atoms with E-state index in [-0.39, 0.29) is 0 Å². The van der Waals surface area contributed by atoms with Gasteiger partial charge in [0, 0.05) is 18.0 Å². The zero-order chi connectivity index (χ0) is 12.2. The Balaban J connectivity index is 2.38. The second-order valence-corrected chi connectivity index (χ2v) is 5.15. The molecular formula is C16H17N. The standard InChI is InChI=1S/C16H17N/c1-9-5-10(2)16-14(12(9)4)6-13-11(3)7-17-8-15(13)16/h5,7-8H,6H2,1-4H3. The summed E-state index contributed by atoms with van der Waals surface area (Å²) in [7, 11) is 0. The van der Waals surface area contributed by atoms with Gasteiger partial charge in [-0.2, -0.15) is 0 Å². The van der Waals surface area contributed by atoms with Crippen molar-refractivity contribution >= 4 is 0 Å². The Morgan fingerprint density at radius 3 is 2.41 bits per heavy atom. The molecule has 0 saturated carbocycles. The quantitative estimate of drug-likeness (QED) is 0.563. The third kappa shape index (κ3) is 1.35. The summed E-state index contributed by atoms with van der Waals surface area (Å²) in [6.45, 7) is 8.82. The molecule has 1 aromatic heterocycles. The topological polar surface area (TPSA) is 12.9 Å². The maximum Gasteiger partial charge on any atom is 0.0349 e. The van der Waals surface area contributed by atoms with Gasteiger partial charge in [0.15, 0.2) is 0 Å². The van der Waals surface area contributed by atoms with Crippen LogP contribution in [0.2, 0.25) is 0 Å². The lowest BCUT2D eigenvalue weighted by molar-refractivity contribution is 1.14. The summed E-state index contributed by atoms with van der Waals surface area (Å²) < 4.78 is 0. The molecule has 0 atom stereocenters. The summed E-state index contributed by atoms with van der Waals surface area (Å²) in [6, 6.07) is 2.30. The smallest absolute Gasteiger partial charge is 0.0349 e. The van der Waals surface area contributed by atoms with E-state index in [1.165, 1.54) is 44.5 Å². The summed E-state index contributed by atoms with van der Waals surface area (Å²) in [5, 5.41) is 0. The number of benzene rings is 1. The molecule has 1 heterocycles. The first kappa shape index (κ1) is 10.5. The Bertz CT molecular complexity index is 624. The highest BCUT2D eigenvalue weighted by Crippen LogP contribution is 2.41. The molecule has 0 amide bonds. The molecule has 2 aromatic rings. The molecule has 86 valence electrons. The summed E-state index contributed by atoms with van der Waals surface area (Å²) >= 11 is 0. The van der Waals surface area contributed by atoms with Crippen LogP contribution in [0.3, 0.4) is 0 Å². The van der Waals surface area contributed by atoms with Crippen LogP contribution < -0.4 is 0 Å². The molecule has 1 aliphatic rings. The number of pyridine rings is 1. The van der Waals surface area contributed by atoms with Crippen molar-refractivity contribution in [1.82, 2.24) is 4.98 Å². The molecule has 3 rings (SSSR count). The second-order valence-electron chi connectivity index (χ2n) is 5.15. The van der Waals surface area contributed by atoms with Crippen molar-refractivity contribution in [2.24, 2.45) is 0 Å². The molecule has 0 N–H and O–H groups in total. The van der Waals surface area contributed by atoms with Gasteiger partial charge in [0.1, 0.15) is 0 Å². The number of nitrogens with zero attached hydrogens (tertiary/aromatic N) is 1. The molecule has 0 radical (unpaired) electrons. The maximum absolute atomic E-state index is 4.35. The van der Waals surface area contributed by atoms with Gasteiger partial charge in [-0.3, -0.25) is 4.98 Å². The number of fused-ring (bicyclic) bond motifs is 3. The van der Waals surface area contributed by atoms with Crippen molar-refractivity contribution in [3.8, 4) is 11.1 Å². The molecule has 1 aromatic carbocycles. The SMILES string of the molecule is Cc1cc(C)c2c(c1C)Cc1c(C)cncc1-2. The molecule has 1 heteroatoms. The Morgan fingerprint density at radius 2 is 1.65 bits per heavy atom. The van der Waals surface area contributed by atoms with E-state index in [2.05, 4.69) is 38.7 Å². The van der Waals surface area contributed by atoms with Crippen molar-refractivity contribution in [2.45, 2.75) is 34.1 Å².